The van der Waals surface area contributed by atoms with Crippen molar-refractivity contribution in [2.24, 2.45) is 0 Å². The molecule has 0 fully saturated rings. The van der Waals surface area contributed by atoms with Gasteiger partial charge in [0.1, 0.15) is 5.82 Å². The fourth-order valence-corrected chi connectivity index (χ4v) is 2.75. The van der Waals surface area contributed by atoms with Gasteiger partial charge < -0.3 is 9.47 Å². The predicted molar refractivity (Wildman–Crippen MR) is 80.0 cm³/mol. The second-order valence-corrected chi connectivity index (χ2v) is 5.22. The molecular formula is C17H17FN2O. The first kappa shape index (κ1) is 13.6. The smallest absolute Gasteiger partial charge is 0.247 e. The molecule has 0 saturated carbocycles. The maximum Gasteiger partial charge on any atom is 0.247 e. The van der Waals surface area contributed by atoms with Gasteiger partial charge in [-0.3, -0.25) is 4.79 Å². The fourth-order valence-electron chi connectivity index (χ4n) is 2.75. The molecule has 3 rings (SSSR count). The molecule has 1 amide bonds. The molecule has 0 spiro atoms. The summed E-state index contributed by atoms with van der Waals surface area (Å²) >= 11 is 0. The van der Waals surface area contributed by atoms with Crippen LogP contribution in [0.2, 0.25) is 0 Å². The quantitative estimate of drug-likeness (QED) is 0.777. The van der Waals surface area contributed by atoms with Gasteiger partial charge in [-0.1, -0.05) is 12.1 Å². The van der Waals surface area contributed by atoms with Crippen LogP contribution in [0.1, 0.15) is 24.2 Å². The average molecular weight is 284 g/mol. The highest BCUT2D eigenvalue weighted by atomic mass is 19.1. The second-order valence-electron chi connectivity index (χ2n) is 5.22. The van der Waals surface area contributed by atoms with Crippen molar-refractivity contribution in [2.45, 2.75) is 19.5 Å². The summed E-state index contributed by atoms with van der Waals surface area (Å²) in [4.78, 5) is 14.2. The molecule has 0 N–H and O–H groups in total. The van der Waals surface area contributed by atoms with E-state index in [-0.39, 0.29) is 17.8 Å². The molecule has 1 aliphatic heterocycles. The Balaban J connectivity index is 1.74. The molecule has 0 aliphatic carbocycles. The van der Waals surface area contributed by atoms with Crippen molar-refractivity contribution in [2.75, 3.05) is 6.54 Å². The van der Waals surface area contributed by atoms with Gasteiger partial charge in [-0.05, 0) is 42.8 Å². The summed E-state index contributed by atoms with van der Waals surface area (Å²) in [5, 5.41) is 0. The summed E-state index contributed by atoms with van der Waals surface area (Å²) in [6.07, 6.45) is 5.21. The van der Waals surface area contributed by atoms with Gasteiger partial charge in [-0.25, -0.2) is 4.39 Å². The van der Waals surface area contributed by atoms with E-state index >= 15 is 0 Å². The van der Waals surface area contributed by atoms with Crippen LogP contribution < -0.4 is 0 Å². The number of hydrogen-bond donors (Lipinski definition) is 0. The highest BCUT2D eigenvalue weighted by Gasteiger charge is 2.25. The Labute approximate surface area is 123 Å². The van der Waals surface area contributed by atoms with Crippen LogP contribution in [0.15, 0.2) is 48.7 Å². The van der Waals surface area contributed by atoms with Crippen molar-refractivity contribution in [3.63, 3.8) is 0 Å². The van der Waals surface area contributed by atoms with E-state index in [1.54, 1.807) is 18.2 Å². The Kier molecular flexibility index (Phi) is 3.60. The van der Waals surface area contributed by atoms with Crippen molar-refractivity contribution < 1.29 is 9.18 Å². The van der Waals surface area contributed by atoms with Crippen molar-refractivity contribution in [1.82, 2.24) is 9.47 Å². The van der Waals surface area contributed by atoms with Gasteiger partial charge in [0.25, 0.3) is 0 Å². The third-order valence-electron chi connectivity index (χ3n) is 3.89. The lowest BCUT2D eigenvalue weighted by Crippen LogP contribution is -2.39. The maximum atomic E-state index is 13.1. The fraction of sp³-hybridized carbons (Fsp3) is 0.235. The topological polar surface area (TPSA) is 25.2 Å². The zero-order valence-corrected chi connectivity index (χ0v) is 11.9. The number of carbonyl (C=O) groups excluding carboxylic acids is 1. The van der Waals surface area contributed by atoms with E-state index in [9.17, 15) is 9.18 Å². The van der Waals surface area contributed by atoms with Crippen LogP contribution in [-0.2, 0) is 11.3 Å². The summed E-state index contributed by atoms with van der Waals surface area (Å²) in [6, 6.07) is 10.3. The van der Waals surface area contributed by atoms with Gasteiger partial charge in [-0.15, -0.1) is 0 Å². The van der Waals surface area contributed by atoms with Gasteiger partial charge in [0, 0.05) is 31.1 Å². The van der Waals surface area contributed by atoms with Gasteiger partial charge in [-0.2, -0.15) is 0 Å². The van der Waals surface area contributed by atoms with Crippen LogP contribution >= 0.6 is 0 Å². The number of rotatable bonds is 2. The summed E-state index contributed by atoms with van der Waals surface area (Å²) in [7, 11) is 0. The van der Waals surface area contributed by atoms with Crippen LogP contribution in [0.25, 0.3) is 6.08 Å². The van der Waals surface area contributed by atoms with Crippen LogP contribution in [0.4, 0.5) is 4.39 Å². The molecule has 0 unspecified atom stereocenters. The molecule has 4 heteroatoms. The van der Waals surface area contributed by atoms with E-state index < -0.39 is 0 Å². The zero-order valence-electron chi connectivity index (χ0n) is 11.9. The monoisotopic (exact) mass is 284 g/mol. The van der Waals surface area contributed by atoms with Gasteiger partial charge in [0.2, 0.25) is 5.91 Å². The molecule has 1 atom stereocenters. The zero-order chi connectivity index (χ0) is 14.8. The van der Waals surface area contributed by atoms with Crippen LogP contribution in [-0.4, -0.2) is 21.9 Å². The molecule has 2 heterocycles. The molecule has 1 aliphatic rings. The minimum Gasteiger partial charge on any atom is -0.348 e. The molecule has 108 valence electrons. The van der Waals surface area contributed by atoms with E-state index in [0.717, 1.165) is 12.2 Å². The molecule has 0 bridgehead atoms. The largest absolute Gasteiger partial charge is 0.348 e. The van der Waals surface area contributed by atoms with E-state index in [1.807, 2.05) is 30.2 Å². The number of amides is 1. The summed E-state index contributed by atoms with van der Waals surface area (Å²) in [6.45, 7) is 3.53. The molecule has 0 saturated heterocycles. The van der Waals surface area contributed by atoms with Crippen molar-refractivity contribution >= 4 is 12.0 Å². The molecular weight excluding hydrogens is 267 g/mol. The second kappa shape index (κ2) is 5.56. The lowest BCUT2D eigenvalue weighted by molar-refractivity contribution is -0.129. The summed E-state index contributed by atoms with van der Waals surface area (Å²) < 4.78 is 15.3. The van der Waals surface area contributed by atoms with Crippen LogP contribution in [0.5, 0.6) is 0 Å². The number of halogens is 1. The Bertz CT molecular complexity index is 690. The average Bonchev–Trinajstić information content (AvgIpc) is 2.95. The number of fused-ring (bicyclic) bond motifs is 1. The number of carbonyl (C=O) groups is 1. The maximum absolute atomic E-state index is 13.1. The predicted octanol–water partition coefficient (Wildman–Crippen LogP) is 3.24. The first-order valence-corrected chi connectivity index (χ1v) is 7.04. The molecule has 2 aromatic rings. The molecule has 1 aromatic heterocycles. The van der Waals surface area contributed by atoms with Gasteiger partial charge in [0.05, 0.1) is 6.04 Å². The Hall–Kier alpha value is -2.36. The SMILES string of the molecule is C[C@H]1c2cccn2CCN1C(=O)/C=C/c1cccc(F)c1. The summed E-state index contributed by atoms with van der Waals surface area (Å²) in [5.41, 5.74) is 1.84. The van der Waals surface area contributed by atoms with Crippen molar-refractivity contribution in [3.05, 3.63) is 65.7 Å². The van der Waals surface area contributed by atoms with E-state index in [0.29, 0.717) is 12.1 Å². The minimum absolute atomic E-state index is 0.0424. The Morgan fingerprint density at radius 1 is 1.29 bits per heavy atom. The van der Waals surface area contributed by atoms with Crippen molar-refractivity contribution in [3.8, 4) is 0 Å². The van der Waals surface area contributed by atoms with Crippen LogP contribution in [0, 0.1) is 5.82 Å². The van der Waals surface area contributed by atoms with Crippen LogP contribution in [0.3, 0.4) is 0 Å². The highest BCUT2D eigenvalue weighted by molar-refractivity contribution is 5.92. The van der Waals surface area contributed by atoms with E-state index in [4.69, 9.17) is 0 Å². The van der Waals surface area contributed by atoms with Crippen molar-refractivity contribution in [1.29, 1.82) is 0 Å². The van der Waals surface area contributed by atoms with Gasteiger partial charge in [0.15, 0.2) is 0 Å². The number of hydrogen-bond acceptors (Lipinski definition) is 1. The van der Waals surface area contributed by atoms with E-state index in [1.165, 1.54) is 18.2 Å². The number of aromatic nitrogens is 1. The summed E-state index contributed by atoms with van der Waals surface area (Å²) in [5.74, 6) is -0.340. The minimum atomic E-state index is -0.297. The Morgan fingerprint density at radius 2 is 2.14 bits per heavy atom. The Morgan fingerprint density at radius 3 is 2.95 bits per heavy atom. The molecule has 1 aromatic carbocycles. The van der Waals surface area contributed by atoms with Gasteiger partial charge >= 0.3 is 0 Å². The third kappa shape index (κ3) is 2.75. The molecule has 0 radical (unpaired) electrons. The standard InChI is InChI=1S/C17H17FN2O/c1-13-16-6-3-9-19(16)10-11-20(13)17(21)8-7-14-4-2-5-15(18)12-14/h2-9,12-13H,10-11H2,1H3/b8-7+/t13-/m0/s1. The first-order valence-electron chi connectivity index (χ1n) is 7.04. The van der Waals surface area contributed by atoms with E-state index in [2.05, 4.69) is 4.57 Å². The highest BCUT2D eigenvalue weighted by Crippen LogP contribution is 2.25. The normalized spacial score (nSPS) is 18.0. The molecule has 21 heavy (non-hydrogen) atoms. The first-order chi connectivity index (χ1) is 10.1. The third-order valence-corrected chi connectivity index (χ3v) is 3.89. The lowest BCUT2D eigenvalue weighted by Gasteiger charge is -2.34. The molecule has 3 nitrogen and oxygen atoms in total. The lowest BCUT2D eigenvalue weighted by atomic mass is 10.1. The number of benzene rings is 1. The number of nitrogens with zero attached hydrogens (tertiary/aromatic N) is 2.